The first-order valence-corrected chi connectivity index (χ1v) is 10.3. The molecule has 1 heterocycles. The van der Waals surface area contributed by atoms with Gasteiger partial charge in [0.1, 0.15) is 0 Å². The molecule has 2 N–H and O–H groups in total. The molecule has 2 unspecified atom stereocenters. The SMILES string of the molecule is CNS(=O)(=O)c1ccc(S(=O)(=O)N2CC(C)CC(C(=O)O)C2)cc1. The lowest BCUT2D eigenvalue weighted by Crippen LogP contribution is -2.45. The second-order valence-electron chi connectivity index (χ2n) is 5.88. The zero-order chi connectivity index (χ0) is 18.1. The number of aliphatic carboxylic acids is 1. The van der Waals surface area contributed by atoms with Crippen molar-refractivity contribution in [3.05, 3.63) is 24.3 Å². The van der Waals surface area contributed by atoms with Crippen molar-refractivity contribution in [3.63, 3.8) is 0 Å². The maximum absolute atomic E-state index is 12.7. The molecule has 0 radical (unpaired) electrons. The van der Waals surface area contributed by atoms with Crippen molar-refractivity contribution < 1.29 is 26.7 Å². The molecule has 1 fully saturated rings. The highest BCUT2D eigenvalue weighted by Gasteiger charge is 2.36. The van der Waals surface area contributed by atoms with Gasteiger partial charge in [-0.2, -0.15) is 4.31 Å². The third kappa shape index (κ3) is 3.77. The molecule has 0 spiro atoms. The molecule has 0 aliphatic carbocycles. The second-order valence-corrected chi connectivity index (χ2v) is 9.70. The molecule has 0 amide bonds. The standard InChI is InChI=1S/C14H20N2O6S2/c1-10-7-11(14(17)18)9-16(8-10)24(21,22)13-5-3-12(4-6-13)23(19,20)15-2/h3-6,10-11,15H,7-9H2,1-2H3,(H,17,18). The van der Waals surface area contributed by atoms with E-state index >= 15 is 0 Å². The fourth-order valence-corrected chi connectivity index (χ4v) is 5.07. The highest BCUT2D eigenvalue weighted by Crippen LogP contribution is 2.27. The van der Waals surface area contributed by atoms with E-state index in [-0.39, 0.29) is 28.8 Å². The average molecular weight is 376 g/mol. The van der Waals surface area contributed by atoms with E-state index in [1.807, 2.05) is 0 Å². The minimum absolute atomic E-state index is 0.0422. The predicted molar refractivity (Wildman–Crippen MR) is 86.4 cm³/mol. The maximum atomic E-state index is 12.7. The number of hydrogen-bond donors (Lipinski definition) is 2. The number of carboxylic acids is 1. The Morgan fingerprint density at radius 1 is 1.12 bits per heavy atom. The Hall–Kier alpha value is -1.49. The fraction of sp³-hybridized carbons (Fsp3) is 0.500. The lowest BCUT2D eigenvalue weighted by molar-refractivity contribution is -0.143. The van der Waals surface area contributed by atoms with E-state index < -0.39 is 31.9 Å². The largest absolute Gasteiger partial charge is 0.481 e. The molecular weight excluding hydrogens is 356 g/mol. The van der Waals surface area contributed by atoms with Gasteiger partial charge in [0.2, 0.25) is 20.0 Å². The van der Waals surface area contributed by atoms with E-state index in [1.165, 1.54) is 31.3 Å². The van der Waals surface area contributed by atoms with Gasteiger partial charge in [-0.1, -0.05) is 6.92 Å². The molecule has 1 saturated heterocycles. The Balaban J connectivity index is 2.31. The van der Waals surface area contributed by atoms with E-state index in [4.69, 9.17) is 5.11 Å². The van der Waals surface area contributed by atoms with Crippen LogP contribution in [-0.4, -0.2) is 52.4 Å². The van der Waals surface area contributed by atoms with Gasteiger partial charge < -0.3 is 5.11 Å². The summed E-state index contributed by atoms with van der Waals surface area (Å²) in [5, 5.41) is 9.17. The van der Waals surface area contributed by atoms with Crippen molar-refractivity contribution in [3.8, 4) is 0 Å². The van der Waals surface area contributed by atoms with Crippen LogP contribution < -0.4 is 4.72 Å². The van der Waals surface area contributed by atoms with Gasteiger partial charge in [-0.05, 0) is 43.7 Å². The molecule has 10 heteroatoms. The van der Waals surface area contributed by atoms with Crippen LogP contribution in [0.1, 0.15) is 13.3 Å². The molecule has 24 heavy (non-hydrogen) atoms. The summed E-state index contributed by atoms with van der Waals surface area (Å²) < 4.78 is 52.1. The number of sulfonamides is 2. The van der Waals surface area contributed by atoms with Crippen LogP contribution in [0.3, 0.4) is 0 Å². The number of nitrogens with zero attached hydrogens (tertiary/aromatic N) is 1. The van der Waals surface area contributed by atoms with E-state index in [0.29, 0.717) is 6.42 Å². The molecule has 0 saturated carbocycles. The lowest BCUT2D eigenvalue weighted by atomic mass is 9.92. The maximum Gasteiger partial charge on any atom is 0.307 e. The number of piperidine rings is 1. The molecule has 2 atom stereocenters. The minimum Gasteiger partial charge on any atom is -0.481 e. The van der Waals surface area contributed by atoms with Crippen molar-refractivity contribution in [1.82, 2.24) is 9.03 Å². The van der Waals surface area contributed by atoms with Crippen molar-refractivity contribution in [2.24, 2.45) is 11.8 Å². The highest BCUT2D eigenvalue weighted by molar-refractivity contribution is 7.89. The van der Waals surface area contributed by atoms with Gasteiger partial charge in [0.25, 0.3) is 0 Å². The van der Waals surface area contributed by atoms with Gasteiger partial charge >= 0.3 is 5.97 Å². The smallest absolute Gasteiger partial charge is 0.307 e. The minimum atomic E-state index is -3.88. The van der Waals surface area contributed by atoms with Crippen LogP contribution in [0.25, 0.3) is 0 Å². The van der Waals surface area contributed by atoms with E-state index in [2.05, 4.69) is 4.72 Å². The van der Waals surface area contributed by atoms with Crippen LogP contribution in [0.5, 0.6) is 0 Å². The molecule has 1 aromatic rings. The van der Waals surface area contributed by atoms with Crippen LogP contribution in [0.15, 0.2) is 34.1 Å². The van der Waals surface area contributed by atoms with E-state index in [1.54, 1.807) is 6.92 Å². The number of carbonyl (C=O) groups is 1. The van der Waals surface area contributed by atoms with Gasteiger partial charge in [-0.25, -0.2) is 21.6 Å². The topological polar surface area (TPSA) is 121 Å². The van der Waals surface area contributed by atoms with Crippen LogP contribution in [0.2, 0.25) is 0 Å². The first-order valence-electron chi connectivity index (χ1n) is 7.34. The van der Waals surface area contributed by atoms with Crippen molar-refractivity contribution in [2.45, 2.75) is 23.1 Å². The monoisotopic (exact) mass is 376 g/mol. The molecule has 1 aromatic carbocycles. The van der Waals surface area contributed by atoms with Gasteiger partial charge in [0, 0.05) is 13.1 Å². The summed E-state index contributed by atoms with van der Waals surface area (Å²) in [6.07, 6.45) is 0.431. The van der Waals surface area contributed by atoms with E-state index in [9.17, 15) is 21.6 Å². The number of benzene rings is 1. The van der Waals surface area contributed by atoms with Crippen LogP contribution in [0.4, 0.5) is 0 Å². The Kier molecular flexibility index (Phi) is 5.33. The summed E-state index contributed by atoms with van der Waals surface area (Å²) in [6.45, 7) is 1.96. The average Bonchev–Trinajstić information content (AvgIpc) is 2.54. The quantitative estimate of drug-likeness (QED) is 0.764. The van der Waals surface area contributed by atoms with Gasteiger partial charge in [0.05, 0.1) is 15.7 Å². The summed E-state index contributed by atoms with van der Waals surface area (Å²) in [5.41, 5.74) is 0. The van der Waals surface area contributed by atoms with Crippen molar-refractivity contribution in [2.75, 3.05) is 20.1 Å². The van der Waals surface area contributed by atoms with E-state index in [0.717, 1.165) is 4.31 Å². The molecular formula is C14H20N2O6S2. The first kappa shape index (κ1) is 18.8. The van der Waals surface area contributed by atoms with Crippen LogP contribution in [0, 0.1) is 11.8 Å². The Labute approximate surface area is 141 Å². The van der Waals surface area contributed by atoms with Gasteiger partial charge in [-0.3, -0.25) is 4.79 Å². The molecule has 8 nitrogen and oxygen atoms in total. The zero-order valence-corrected chi connectivity index (χ0v) is 15.0. The number of carboxylic acid groups (broad SMARTS) is 1. The summed E-state index contributed by atoms with van der Waals surface area (Å²) in [5.74, 6) is -1.83. The van der Waals surface area contributed by atoms with Crippen molar-refractivity contribution >= 4 is 26.0 Å². The molecule has 1 aliphatic heterocycles. The normalized spacial score (nSPS) is 23.1. The molecule has 134 valence electrons. The molecule has 0 bridgehead atoms. The lowest BCUT2D eigenvalue weighted by Gasteiger charge is -2.33. The Bertz CT molecular complexity index is 817. The predicted octanol–water partition coefficient (Wildman–Crippen LogP) is 0.326. The van der Waals surface area contributed by atoms with Crippen LogP contribution in [-0.2, 0) is 24.8 Å². The highest BCUT2D eigenvalue weighted by atomic mass is 32.2. The molecule has 0 aromatic heterocycles. The van der Waals surface area contributed by atoms with Crippen LogP contribution >= 0.6 is 0 Å². The zero-order valence-electron chi connectivity index (χ0n) is 13.3. The first-order chi connectivity index (χ1) is 11.1. The number of nitrogens with one attached hydrogen (secondary N) is 1. The van der Waals surface area contributed by atoms with Gasteiger partial charge in [-0.15, -0.1) is 0 Å². The second kappa shape index (κ2) is 6.79. The Morgan fingerprint density at radius 3 is 2.17 bits per heavy atom. The summed E-state index contributed by atoms with van der Waals surface area (Å²) >= 11 is 0. The summed E-state index contributed by atoms with van der Waals surface area (Å²) in [7, 11) is -6.26. The summed E-state index contributed by atoms with van der Waals surface area (Å²) in [4.78, 5) is 11.1. The summed E-state index contributed by atoms with van der Waals surface area (Å²) in [6, 6.07) is 4.85. The molecule has 1 aliphatic rings. The third-order valence-electron chi connectivity index (χ3n) is 4.02. The Morgan fingerprint density at radius 2 is 1.67 bits per heavy atom. The number of hydrogen-bond acceptors (Lipinski definition) is 5. The third-order valence-corrected chi connectivity index (χ3v) is 7.29. The van der Waals surface area contributed by atoms with Crippen molar-refractivity contribution in [1.29, 1.82) is 0 Å². The number of rotatable bonds is 5. The molecule has 2 rings (SSSR count). The fourth-order valence-electron chi connectivity index (χ4n) is 2.74. The van der Waals surface area contributed by atoms with Gasteiger partial charge in [0.15, 0.2) is 0 Å².